The van der Waals surface area contributed by atoms with E-state index < -0.39 is 34.2 Å². The van der Waals surface area contributed by atoms with Gasteiger partial charge in [0, 0.05) is 13.1 Å². The predicted molar refractivity (Wildman–Crippen MR) is 81.0 cm³/mol. The van der Waals surface area contributed by atoms with Gasteiger partial charge in [0.25, 0.3) is 0 Å². The molecule has 0 N–H and O–H groups in total. The van der Waals surface area contributed by atoms with Crippen molar-refractivity contribution in [3.05, 3.63) is 29.8 Å². The molecule has 0 spiro atoms. The predicted octanol–water partition coefficient (Wildman–Crippen LogP) is 1.33. The fraction of sp³-hybridized carbons (Fsp3) is 0.500. The number of carbonyl (C=O) groups is 1. The van der Waals surface area contributed by atoms with Gasteiger partial charge in [-0.2, -0.15) is 13.2 Å². The lowest BCUT2D eigenvalue weighted by atomic mass is 10.2. The topological polar surface area (TPSA) is 66.9 Å². The second kappa shape index (κ2) is 6.98. The Morgan fingerprint density at radius 2 is 1.75 bits per heavy atom. The molecule has 1 aromatic carbocycles. The third-order valence-corrected chi connectivity index (χ3v) is 4.67. The number of alkyl halides is 3. The largest absolute Gasteiger partial charge is 0.416 e. The fourth-order valence-corrected chi connectivity index (χ4v) is 3.10. The molecule has 0 bridgehead atoms. The van der Waals surface area contributed by atoms with Crippen LogP contribution < -0.4 is 4.31 Å². The molecule has 134 valence electrons. The van der Waals surface area contributed by atoms with Crippen molar-refractivity contribution >= 4 is 21.6 Å². The highest BCUT2D eigenvalue weighted by Gasteiger charge is 2.31. The molecule has 24 heavy (non-hydrogen) atoms. The van der Waals surface area contributed by atoms with Crippen molar-refractivity contribution < 1.29 is 31.1 Å². The van der Waals surface area contributed by atoms with Crippen LogP contribution in [0.4, 0.5) is 18.9 Å². The summed E-state index contributed by atoms with van der Waals surface area (Å²) in [5.41, 5.74) is -0.883. The molecule has 10 heteroatoms. The lowest BCUT2D eigenvalue weighted by Gasteiger charge is -2.30. The smallest absolute Gasteiger partial charge is 0.378 e. The monoisotopic (exact) mass is 366 g/mol. The van der Waals surface area contributed by atoms with Crippen LogP contribution in [0.25, 0.3) is 0 Å². The summed E-state index contributed by atoms with van der Waals surface area (Å²) >= 11 is 0. The third kappa shape index (κ3) is 4.60. The van der Waals surface area contributed by atoms with Crippen molar-refractivity contribution in [1.82, 2.24) is 4.90 Å². The van der Waals surface area contributed by atoms with E-state index in [2.05, 4.69) is 0 Å². The second-order valence-corrected chi connectivity index (χ2v) is 7.21. The number of hydrogen-bond donors (Lipinski definition) is 0. The molecular weight excluding hydrogens is 349 g/mol. The summed E-state index contributed by atoms with van der Waals surface area (Å²) in [5, 5.41) is 0. The normalized spacial score (nSPS) is 16.1. The molecule has 1 heterocycles. The van der Waals surface area contributed by atoms with E-state index in [-0.39, 0.29) is 5.69 Å². The first-order valence-corrected chi connectivity index (χ1v) is 8.94. The summed E-state index contributed by atoms with van der Waals surface area (Å²) in [6.45, 7) is 0.965. The minimum Gasteiger partial charge on any atom is -0.378 e. The number of carbonyl (C=O) groups excluding carboxylic acids is 1. The molecule has 0 atom stereocenters. The number of amides is 1. The number of anilines is 1. The van der Waals surface area contributed by atoms with E-state index in [1.807, 2.05) is 0 Å². The summed E-state index contributed by atoms with van der Waals surface area (Å²) in [6.07, 6.45) is -3.62. The first-order chi connectivity index (χ1) is 11.1. The number of hydrogen-bond acceptors (Lipinski definition) is 4. The molecular formula is C14H17F3N2O4S. The summed E-state index contributed by atoms with van der Waals surface area (Å²) in [4.78, 5) is 13.7. The van der Waals surface area contributed by atoms with E-state index >= 15 is 0 Å². The van der Waals surface area contributed by atoms with Crippen molar-refractivity contribution in [2.45, 2.75) is 6.18 Å². The molecule has 0 unspecified atom stereocenters. The van der Waals surface area contributed by atoms with E-state index in [1.54, 1.807) is 0 Å². The lowest BCUT2D eigenvalue weighted by molar-refractivity contribution is -0.137. The van der Waals surface area contributed by atoms with E-state index in [0.717, 1.165) is 34.8 Å². The zero-order chi connectivity index (χ0) is 18.0. The van der Waals surface area contributed by atoms with Crippen molar-refractivity contribution in [3.63, 3.8) is 0 Å². The second-order valence-electron chi connectivity index (χ2n) is 5.31. The number of nitrogens with zero attached hydrogens (tertiary/aromatic N) is 2. The van der Waals surface area contributed by atoms with Gasteiger partial charge in [-0.15, -0.1) is 0 Å². The van der Waals surface area contributed by atoms with Gasteiger partial charge >= 0.3 is 6.18 Å². The molecule has 0 radical (unpaired) electrons. The Morgan fingerprint density at radius 1 is 1.21 bits per heavy atom. The van der Waals surface area contributed by atoms with Gasteiger partial charge in [-0.25, -0.2) is 8.42 Å². The van der Waals surface area contributed by atoms with Crippen LogP contribution in [0.15, 0.2) is 24.3 Å². The molecule has 1 aliphatic heterocycles. The Morgan fingerprint density at radius 3 is 2.21 bits per heavy atom. The SMILES string of the molecule is CS(=O)(=O)N(CC(=O)N1CCOCC1)c1ccc(C(F)(F)F)cc1. The molecule has 6 nitrogen and oxygen atoms in total. The number of benzene rings is 1. The van der Waals surface area contributed by atoms with E-state index in [4.69, 9.17) is 4.74 Å². The van der Waals surface area contributed by atoms with Crippen molar-refractivity contribution in [1.29, 1.82) is 0 Å². The molecule has 2 rings (SSSR count). The zero-order valence-corrected chi connectivity index (χ0v) is 13.7. The summed E-state index contributed by atoms with van der Waals surface area (Å²) in [5.74, 6) is -0.427. The van der Waals surface area contributed by atoms with Crippen LogP contribution >= 0.6 is 0 Å². The average Bonchev–Trinajstić information content (AvgIpc) is 2.51. The molecule has 1 saturated heterocycles. The van der Waals surface area contributed by atoms with Crippen molar-refractivity contribution in [2.75, 3.05) is 43.4 Å². The lowest BCUT2D eigenvalue weighted by Crippen LogP contribution is -2.47. The molecule has 1 fully saturated rings. The van der Waals surface area contributed by atoms with Gasteiger partial charge in [0.05, 0.1) is 30.7 Å². The highest BCUT2D eigenvalue weighted by atomic mass is 32.2. The van der Waals surface area contributed by atoms with Crippen LogP contribution in [0.5, 0.6) is 0 Å². The van der Waals surface area contributed by atoms with Gasteiger partial charge in [0.1, 0.15) is 6.54 Å². The Labute approximate surface area is 137 Å². The number of sulfonamides is 1. The zero-order valence-electron chi connectivity index (χ0n) is 12.9. The molecule has 0 aromatic heterocycles. The Bertz CT molecular complexity index is 683. The number of morpholine rings is 1. The molecule has 1 amide bonds. The van der Waals surface area contributed by atoms with Crippen molar-refractivity contribution in [3.8, 4) is 0 Å². The van der Waals surface area contributed by atoms with Crippen LogP contribution in [-0.4, -0.2) is 58.3 Å². The van der Waals surface area contributed by atoms with Gasteiger partial charge in [-0.3, -0.25) is 9.10 Å². The van der Waals surface area contributed by atoms with Gasteiger partial charge in [-0.1, -0.05) is 0 Å². The Hall–Kier alpha value is -1.81. The quantitative estimate of drug-likeness (QED) is 0.806. The van der Waals surface area contributed by atoms with Crippen molar-refractivity contribution in [2.24, 2.45) is 0 Å². The van der Waals surface area contributed by atoms with Gasteiger partial charge < -0.3 is 9.64 Å². The van der Waals surface area contributed by atoms with Gasteiger partial charge in [0.2, 0.25) is 15.9 Å². The van der Waals surface area contributed by atoms with Crippen LogP contribution in [0.2, 0.25) is 0 Å². The summed E-state index contributed by atoms with van der Waals surface area (Å²) < 4.78 is 67.6. The van der Waals surface area contributed by atoms with E-state index in [0.29, 0.717) is 26.3 Å². The summed E-state index contributed by atoms with van der Waals surface area (Å²) in [6, 6.07) is 3.65. The highest BCUT2D eigenvalue weighted by molar-refractivity contribution is 7.92. The molecule has 0 aliphatic carbocycles. The van der Waals surface area contributed by atoms with Crippen LogP contribution in [0.3, 0.4) is 0 Å². The fourth-order valence-electron chi connectivity index (χ4n) is 2.25. The third-order valence-electron chi connectivity index (χ3n) is 3.53. The highest BCUT2D eigenvalue weighted by Crippen LogP contribution is 2.31. The number of rotatable bonds is 4. The maximum absolute atomic E-state index is 12.6. The summed E-state index contributed by atoms with van der Waals surface area (Å²) in [7, 11) is -3.83. The first kappa shape index (κ1) is 18.5. The molecule has 1 aromatic rings. The molecule has 1 aliphatic rings. The minimum atomic E-state index is -4.52. The maximum atomic E-state index is 12.6. The number of halogens is 3. The van der Waals surface area contributed by atoms with Gasteiger partial charge in [-0.05, 0) is 24.3 Å². The van der Waals surface area contributed by atoms with Crippen LogP contribution in [-0.2, 0) is 25.7 Å². The minimum absolute atomic E-state index is 0.00658. The van der Waals surface area contributed by atoms with Gasteiger partial charge in [0.15, 0.2) is 0 Å². The Balaban J connectivity index is 2.21. The average molecular weight is 366 g/mol. The maximum Gasteiger partial charge on any atom is 0.416 e. The van der Waals surface area contributed by atoms with E-state index in [9.17, 15) is 26.4 Å². The van der Waals surface area contributed by atoms with Crippen LogP contribution in [0, 0.1) is 0 Å². The molecule has 0 saturated carbocycles. The first-order valence-electron chi connectivity index (χ1n) is 7.09. The number of ether oxygens (including phenoxy) is 1. The van der Waals surface area contributed by atoms with E-state index in [1.165, 1.54) is 4.90 Å². The standard InChI is InChI=1S/C14H17F3N2O4S/c1-24(21,22)19(10-13(20)18-6-8-23-9-7-18)12-4-2-11(3-5-12)14(15,16)17/h2-5H,6-10H2,1H3. The van der Waals surface area contributed by atoms with Crippen LogP contribution in [0.1, 0.15) is 5.56 Å². The Kier molecular flexibility index (Phi) is 5.38.